The van der Waals surface area contributed by atoms with Gasteiger partial charge in [-0.05, 0) is 135 Å². The van der Waals surface area contributed by atoms with E-state index >= 15 is 0 Å². The highest BCUT2D eigenvalue weighted by atomic mass is 16.3. The number of aromatic hydroxyl groups is 1. The molecule has 0 radical (unpaired) electrons. The minimum atomic E-state index is -3.37. The normalized spacial score (nSPS) is 15.4. The molecule has 4 nitrogen and oxygen atoms in total. The molecule has 0 unspecified atom stereocenters. The number of aromatic nitrogens is 3. The predicted molar refractivity (Wildman–Crippen MR) is 249 cm³/mol. The summed E-state index contributed by atoms with van der Waals surface area (Å²) < 4.78 is 84.9. The number of rotatable bonds is 7. The molecule has 0 bridgehead atoms. The molecule has 296 valence electrons. The summed E-state index contributed by atoms with van der Waals surface area (Å²) in [7, 11) is 0. The van der Waals surface area contributed by atoms with Gasteiger partial charge in [0.2, 0.25) is 0 Å². The maximum absolute atomic E-state index is 11.7. The Bertz CT molecular complexity index is 3190. The molecule has 1 N–H and O–H groups in total. The van der Waals surface area contributed by atoms with Crippen LogP contribution < -0.4 is 0 Å². The first-order valence-corrected chi connectivity index (χ1v) is 19.9. The Morgan fingerprint density at radius 3 is 2.08 bits per heavy atom. The molecule has 0 fully saturated rings. The lowest BCUT2D eigenvalue weighted by molar-refractivity contribution is 0.472. The molecule has 0 spiro atoms. The lowest BCUT2D eigenvalue weighted by Crippen LogP contribution is -2.11. The molecule has 2 aromatic heterocycles. The van der Waals surface area contributed by atoms with Crippen LogP contribution in [0, 0.1) is 13.8 Å². The van der Waals surface area contributed by atoms with Crippen molar-refractivity contribution in [3.8, 4) is 67.5 Å². The second-order valence-corrected chi connectivity index (χ2v) is 16.8. The van der Waals surface area contributed by atoms with Crippen LogP contribution in [-0.2, 0) is 10.8 Å². The first-order chi connectivity index (χ1) is 32.1. The smallest absolute Gasteiger partial charge is 0.149 e. The minimum absolute atomic E-state index is 0.129. The Kier molecular flexibility index (Phi) is 7.46. The molecule has 0 saturated carbocycles. The van der Waals surface area contributed by atoms with Gasteiger partial charge in [0.05, 0.1) is 22.3 Å². The molecule has 0 atom stereocenters. The van der Waals surface area contributed by atoms with Gasteiger partial charge in [-0.2, -0.15) is 0 Å². The van der Waals surface area contributed by atoms with Crippen molar-refractivity contribution in [2.75, 3.05) is 0 Å². The third-order valence-electron chi connectivity index (χ3n) is 11.1. The molecule has 0 aliphatic rings. The number of fused-ring (bicyclic) bond motifs is 1. The number of phenolic OH excluding ortho intramolecular Hbond substituents is 1. The van der Waals surface area contributed by atoms with E-state index < -0.39 is 31.9 Å². The molecular formula is C55H55N3O. The minimum Gasteiger partial charge on any atom is -0.507 e. The quantitative estimate of drug-likeness (QED) is 0.175. The second kappa shape index (κ2) is 15.2. The van der Waals surface area contributed by atoms with Crippen LogP contribution >= 0.6 is 0 Å². The largest absolute Gasteiger partial charge is 0.507 e. The van der Waals surface area contributed by atoms with Gasteiger partial charge in [-0.25, -0.2) is 4.98 Å². The fourth-order valence-corrected chi connectivity index (χ4v) is 7.90. The van der Waals surface area contributed by atoms with E-state index in [0.29, 0.717) is 33.7 Å². The van der Waals surface area contributed by atoms with Gasteiger partial charge in [-0.15, -0.1) is 0 Å². The van der Waals surface area contributed by atoms with Gasteiger partial charge in [0.25, 0.3) is 0 Å². The van der Waals surface area contributed by atoms with E-state index in [0.717, 1.165) is 61.3 Å². The number of benzene rings is 6. The summed E-state index contributed by atoms with van der Waals surface area (Å²) in [5, 5.41) is 11.7. The number of pyridine rings is 1. The van der Waals surface area contributed by atoms with E-state index in [1.165, 1.54) is 12.1 Å². The van der Waals surface area contributed by atoms with Crippen LogP contribution in [0.25, 0.3) is 72.7 Å². The van der Waals surface area contributed by atoms with Crippen molar-refractivity contribution >= 4 is 11.0 Å². The Balaban J connectivity index is 1.31. The Morgan fingerprint density at radius 1 is 0.627 bits per heavy atom. The fraction of sp³-hybridized carbons (Fsp3) is 0.236. The number of hydrogen-bond acceptors (Lipinski definition) is 3. The van der Waals surface area contributed by atoms with Crippen molar-refractivity contribution in [3.63, 3.8) is 0 Å². The van der Waals surface area contributed by atoms with Crippen molar-refractivity contribution in [1.29, 1.82) is 0 Å². The zero-order valence-electron chi connectivity index (χ0n) is 44.6. The summed E-state index contributed by atoms with van der Waals surface area (Å²) in [5.74, 6) is -0.289. The average Bonchev–Trinajstić information content (AvgIpc) is 3.66. The monoisotopic (exact) mass is 783 g/mol. The molecule has 0 aliphatic heterocycles. The van der Waals surface area contributed by atoms with Crippen LogP contribution in [0.2, 0.25) is 0 Å². The number of aryl methyl sites for hydroxylation is 2. The van der Waals surface area contributed by atoms with Crippen LogP contribution in [0.4, 0.5) is 0 Å². The molecule has 4 heteroatoms. The van der Waals surface area contributed by atoms with Crippen LogP contribution in [0.5, 0.6) is 5.75 Å². The van der Waals surface area contributed by atoms with Crippen LogP contribution in [0.3, 0.4) is 0 Å². The van der Waals surface area contributed by atoms with E-state index in [-0.39, 0.29) is 16.7 Å². The van der Waals surface area contributed by atoms with E-state index in [4.69, 9.17) is 22.3 Å². The predicted octanol–water partition coefficient (Wildman–Crippen LogP) is 14.8. The van der Waals surface area contributed by atoms with Gasteiger partial charge in [0, 0.05) is 36.7 Å². The standard InChI is InChI=1S/C55H55N3O/c1-34(2)47-33-44(23-24-45(47)38-15-12-11-13-16-38)58-50-18-14-17-46(51(50)57-53(58)48-28-35(3)27-36(4)52(48)59)40-29-41(31-43(30-40)55(8,9)10)49-32-39(25-26-56-49)37-19-21-42(22-20-37)54(5,6)7/h11-34,59H,1-10H3/i5D3,6D3,7D3,34D. The number of nitrogens with zero attached hydrogens (tertiary/aromatic N) is 3. The van der Waals surface area contributed by atoms with Crippen molar-refractivity contribution in [2.24, 2.45) is 0 Å². The van der Waals surface area contributed by atoms with Crippen LogP contribution in [-0.4, -0.2) is 19.6 Å². The molecule has 6 aromatic carbocycles. The van der Waals surface area contributed by atoms with Gasteiger partial charge < -0.3 is 5.11 Å². The molecule has 2 heterocycles. The fourth-order valence-electron chi connectivity index (χ4n) is 7.90. The van der Waals surface area contributed by atoms with Gasteiger partial charge in [-0.1, -0.05) is 140 Å². The molecule has 8 rings (SSSR count). The van der Waals surface area contributed by atoms with Crippen molar-refractivity contribution in [1.82, 2.24) is 14.5 Å². The highest BCUT2D eigenvalue weighted by molar-refractivity contribution is 5.97. The number of phenols is 1. The average molecular weight is 784 g/mol. The maximum Gasteiger partial charge on any atom is 0.149 e. The lowest BCUT2D eigenvalue weighted by atomic mass is 9.83. The Hall–Kier alpha value is -6.26. The van der Waals surface area contributed by atoms with E-state index in [1.54, 1.807) is 24.4 Å². The first-order valence-electron chi connectivity index (χ1n) is 24.9. The van der Waals surface area contributed by atoms with E-state index in [2.05, 4.69) is 55.7 Å². The van der Waals surface area contributed by atoms with Crippen LogP contribution in [0.1, 0.15) is 103 Å². The Labute approximate surface area is 364 Å². The number of para-hydroxylation sites is 1. The van der Waals surface area contributed by atoms with Crippen LogP contribution in [0.15, 0.2) is 140 Å². The molecule has 59 heavy (non-hydrogen) atoms. The summed E-state index contributed by atoms with van der Waals surface area (Å²) in [4.78, 5) is 10.2. The van der Waals surface area contributed by atoms with Crippen molar-refractivity contribution < 1.29 is 18.8 Å². The maximum atomic E-state index is 11.7. The van der Waals surface area contributed by atoms with Crippen molar-refractivity contribution in [2.45, 2.75) is 85.7 Å². The summed E-state index contributed by atoms with van der Waals surface area (Å²) >= 11 is 0. The summed E-state index contributed by atoms with van der Waals surface area (Å²) in [5.41, 5.74) is 9.13. The third-order valence-corrected chi connectivity index (χ3v) is 11.1. The molecule has 0 aliphatic carbocycles. The van der Waals surface area contributed by atoms with Crippen molar-refractivity contribution in [3.05, 3.63) is 167 Å². The topological polar surface area (TPSA) is 50.9 Å². The highest BCUT2D eigenvalue weighted by Gasteiger charge is 2.24. The molecule has 8 aromatic rings. The Morgan fingerprint density at radius 2 is 1.37 bits per heavy atom. The zero-order valence-corrected chi connectivity index (χ0v) is 34.6. The second-order valence-electron chi connectivity index (χ2n) is 16.8. The number of hydrogen-bond donors (Lipinski definition) is 1. The molecular weight excluding hydrogens is 719 g/mol. The van der Waals surface area contributed by atoms with E-state index in [1.807, 2.05) is 100 Å². The first kappa shape index (κ1) is 29.0. The SMILES string of the molecule is [2H]C(C)(C)c1cc(-n2c(-c3cc(C)cc(C)c3O)nc3c(-c4cc(-c5cc(-c6ccc(C(C([2H])([2H])[2H])(C([2H])([2H])[2H])C([2H])([2H])[2H])cc6)ccn5)cc(C(C)(C)C)c4)cccc32)ccc1-c1ccccc1. The summed E-state index contributed by atoms with van der Waals surface area (Å²) in [6.07, 6.45) is 1.67. The zero-order chi connectivity index (χ0) is 50.2. The van der Waals surface area contributed by atoms with Gasteiger partial charge in [0.1, 0.15) is 11.6 Å². The number of imidazole rings is 1. The third kappa shape index (κ3) is 7.72. The highest BCUT2D eigenvalue weighted by Crippen LogP contribution is 2.42. The molecule has 0 amide bonds. The van der Waals surface area contributed by atoms with Gasteiger partial charge in [0.15, 0.2) is 0 Å². The van der Waals surface area contributed by atoms with E-state index in [9.17, 15) is 6.48 Å². The lowest BCUT2D eigenvalue weighted by Gasteiger charge is -2.22. The summed E-state index contributed by atoms with van der Waals surface area (Å²) in [6, 6.07) is 41.9. The van der Waals surface area contributed by atoms with Gasteiger partial charge >= 0.3 is 0 Å². The molecule has 0 saturated heterocycles. The van der Waals surface area contributed by atoms with Gasteiger partial charge in [-0.3, -0.25) is 9.55 Å². The summed E-state index contributed by atoms with van der Waals surface area (Å²) in [6.45, 7) is 3.96.